The van der Waals surface area contributed by atoms with Crippen molar-refractivity contribution in [3.05, 3.63) is 18.2 Å². The number of nitrogens with zero attached hydrogens (tertiary/aromatic N) is 3. The lowest BCUT2D eigenvalue weighted by molar-refractivity contribution is -0.141. The van der Waals surface area contributed by atoms with Gasteiger partial charge in [0.2, 0.25) is 0 Å². The minimum atomic E-state index is -0.972. The maximum Gasteiger partial charge on any atom is 0.327 e. The van der Waals surface area contributed by atoms with Crippen LogP contribution in [-0.2, 0) is 11.3 Å². The molecule has 3 N–H and O–H groups in total. The zero-order chi connectivity index (χ0) is 15.6. The van der Waals surface area contributed by atoms with E-state index in [1.165, 1.54) is 16.7 Å². The molecule has 2 rings (SSSR count). The molecule has 0 aliphatic carbocycles. The van der Waals surface area contributed by atoms with Crippen molar-refractivity contribution in [1.29, 1.82) is 0 Å². The number of carboxylic acids is 1. The molecule has 1 aliphatic rings. The van der Waals surface area contributed by atoms with Crippen molar-refractivity contribution in [2.24, 2.45) is 11.7 Å². The Morgan fingerprint density at radius 1 is 1.57 bits per heavy atom. The third kappa shape index (κ3) is 3.21. The van der Waals surface area contributed by atoms with E-state index in [0.717, 1.165) is 0 Å². The number of hydrogen-bond acceptors (Lipinski definition) is 5. The van der Waals surface area contributed by atoms with Gasteiger partial charge in [-0.3, -0.25) is 4.79 Å². The van der Waals surface area contributed by atoms with E-state index in [9.17, 15) is 14.7 Å². The fraction of sp³-hybridized carbons (Fsp3) is 0.615. The van der Waals surface area contributed by atoms with Crippen molar-refractivity contribution in [2.75, 3.05) is 12.3 Å². The molecular weight excluding hydrogens is 292 g/mol. The van der Waals surface area contributed by atoms with E-state index in [1.54, 1.807) is 17.1 Å². The van der Waals surface area contributed by atoms with Crippen LogP contribution in [0.15, 0.2) is 12.5 Å². The Labute approximate surface area is 127 Å². The molecule has 0 radical (unpaired) electrons. The quantitative estimate of drug-likeness (QED) is 0.819. The van der Waals surface area contributed by atoms with Crippen LogP contribution < -0.4 is 5.73 Å². The van der Waals surface area contributed by atoms with Crippen LogP contribution >= 0.6 is 11.8 Å². The summed E-state index contributed by atoms with van der Waals surface area (Å²) in [6, 6.07) is -0.797. The fourth-order valence-corrected chi connectivity index (χ4v) is 3.83. The average Bonchev–Trinajstić information content (AvgIpc) is 3.04. The number of hydrogen-bond donors (Lipinski definition) is 2. The van der Waals surface area contributed by atoms with E-state index >= 15 is 0 Å². The highest BCUT2D eigenvalue weighted by molar-refractivity contribution is 8.00. The molecule has 116 valence electrons. The molecule has 0 aromatic carbocycles. The fourth-order valence-electron chi connectivity index (χ4n) is 2.36. The molecule has 1 saturated heterocycles. The Bertz CT molecular complexity index is 531. The van der Waals surface area contributed by atoms with Gasteiger partial charge in [0, 0.05) is 25.0 Å². The summed E-state index contributed by atoms with van der Waals surface area (Å²) in [5.41, 5.74) is 5.73. The standard InChI is InChI=1S/C13H20N4O3S/c1-8(2)12-17(10(6-21-12)13(19)20)11(18)9-5-16(4-3-14)7-15-9/h5,7-8,10,12H,3-4,6,14H2,1-2H3,(H,19,20). The molecule has 2 atom stereocenters. The van der Waals surface area contributed by atoms with Crippen LogP contribution in [0.3, 0.4) is 0 Å². The first-order chi connectivity index (χ1) is 9.95. The summed E-state index contributed by atoms with van der Waals surface area (Å²) in [7, 11) is 0. The molecule has 1 aromatic rings. The van der Waals surface area contributed by atoms with Crippen molar-refractivity contribution in [2.45, 2.75) is 31.8 Å². The van der Waals surface area contributed by atoms with Gasteiger partial charge in [0.25, 0.3) is 5.91 Å². The number of thioether (sulfide) groups is 1. The van der Waals surface area contributed by atoms with Gasteiger partial charge in [0.05, 0.1) is 11.7 Å². The minimum absolute atomic E-state index is 0.141. The second-order valence-electron chi connectivity index (χ2n) is 5.32. The van der Waals surface area contributed by atoms with E-state index < -0.39 is 12.0 Å². The molecule has 8 heteroatoms. The minimum Gasteiger partial charge on any atom is -0.480 e. The Morgan fingerprint density at radius 2 is 2.29 bits per heavy atom. The molecule has 0 saturated carbocycles. The molecule has 2 heterocycles. The van der Waals surface area contributed by atoms with Gasteiger partial charge in [0.15, 0.2) is 0 Å². The molecular formula is C13H20N4O3S. The van der Waals surface area contributed by atoms with Gasteiger partial charge in [-0.05, 0) is 5.92 Å². The lowest BCUT2D eigenvalue weighted by Crippen LogP contribution is -2.47. The SMILES string of the molecule is CC(C)C1SCC(C(=O)O)N1C(=O)c1cn(CCN)cn1. The van der Waals surface area contributed by atoms with E-state index in [2.05, 4.69) is 4.98 Å². The molecule has 1 fully saturated rings. The number of rotatable bonds is 5. The van der Waals surface area contributed by atoms with Crippen molar-refractivity contribution in [1.82, 2.24) is 14.5 Å². The highest BCUT2D eigenvalue weighted by Gasteiger charge is 2.43. The van der Waals surface area contributed by atoms with Crippen molar-refractivity contribution in [3.63, 3.8) is 0 Å². The Morgan fingerprint density at radius 3 is 2.86 bits per heavy atom. The number of imidazole rings is 1. The average molecular weight is 312 g/mol. The topological polar surface area (TPSA) is 101 Å². The summed E-state index contributed by atoms with van der Waals surface area (Å²) in [5, 5.41) is 9.18. The summed E-state index contributed by atoms with van der Waals surface area (Å²) in [5.74, 6) is -0.718. The Kier molecular flexibility index (Phi) is 4.89. The normalized spacial score (nSPS) is 22.0. The van der Waals surface area contributed by atoms with Gasteiger partial charge >= 0.3 is 5.97 Å². The first-order valence-electron chi connectivity index (χ1n) is 6.84. The largest absolute Gasteiger partial charge is 0.480 e. The van der Waals surface area contributed by atoms with Crippen LogP contribution in [0.2, 0.25) is 0 Å². The van der Waals surface area contributed by atoms with Crippen LogP contribution in [0.4, 0.5) is 0 Å². The van der Waals surface area contributed by atoms with E-state index in [0.29, 0.717) is 18.8 Å². The third-order valence-corrected chi connectivity index (χ3v) is 4.99. The maximum atomic E-state index is 12.6. The van der Waals surface area contributed by atoms with Gasteiger partial charge in [-0.15, -0.1) is 11.8 Å². The number of aliphatic carboxylic acids is 1. The number of amides is 1. The van der Waals surface area contributed by atoms with Crippen LogP contribution in [0.5, 0.6) is 0 Å². The summed E-state index contributed by atoms with van der Waals surface area (Å²) in [4.78, 5) is 29.5. The number of carbonyl (C=O) groups excluding carboxylic acids is 1. The van der Waals surface area contributed by atoms with Gasteiger partial charge in [-0.2, -0.15) is 0 Å². The number of aromatic nitrogens is 2. The zero-order valence-electron chi connectivity index (χ0n) is 12.1. The van der Waals surface area contributed by atoms with Crippen LogP contribution in [-0.4, -0.2) is 55.1 Å². The van der Waals surface area contributed by atoms with Crippen molar-refractivity contribution < 1.29 is 14.7 Å². The van der Waals surface area contributed by atoms with E-state index in [-0.39, 0.29) is 22.9 Å². The highest BCUT2D eigenvalue weighted by atomic mass is 32.2. The van der Waals surface area contributed by atoms with Gasteiger partial charge in [-0.1, -0.05) is 13.8 Å². The van der Waals surface area contributed by atoms with Crippen LogP contribution in [0.25, 0.3) is 0 Å². The number of carboxylic acid groups (broad SMARTS) is 1. The molecule has 1 aliphatic heterocycles. The third-order valence-electron chi connectivity index (χ3n) is 3.36. The molecule has 1 aromatic heterocycles. The summed E-state index contributed by atoms with van der Waals surface area (Å²) in [6.45, 7) is 4.99. The number of carbonyl (C=O) groups is 2. The summed E-state index contributed by atoms with van der Waals surface area (Å²) < 4.78 is 1.73. The van der Waals surface area contributed by atoms with Gasteiger partial charge < -0.3 is 20.3 Å². The van der Waals surface area contributed by atoms with E-state index in [4.69, 9.17) is 5.73 Å². The Hall–Kier alpha value is -1.54. The lowest BCUT2D eigenvalue weighted by Gasteiger charge is -2.29. The molecule has 0 bridgehead atoms. The summed E-state index contributed by atoms with van der Waals surface area (Å²) in [6.07, 6.45) is 3.16. The Balaban J connectivity index is 2.25. The zero-order valence-corrected chi connectivity index (χ0v) is 12.9. The second kappa shape index (κ2) is 6.48. The highest BCUT2D eigenvalue weighted by Crippen LogP contribution is 2.35. The van der Waals surface area contributed by atoms with Gasteiger partial charge in [-0.25, -0.2) is 9.78 Å². The monoisotopic (exact) mass is 312 g/mol. The molecule has 21 heavy (non-hydrogen) atoms. The van der Waals surface area contributed by atoms with Crippen molar-refractivity contribution >= 4 is 23.6 Å². The number of nitrogens with two attached hydrogens (primary N) is 1. The van der Waals surface area contributed by atoms with Crippen LogP contribution in [0, 0.1) is 5.92 Å². The molecule has 1 amide bonds. The predicted molar refractivity (Wildman–Crippen MR) is 80.0 cm³/mol. The first kappa shape index (κ1) is 15.8. The van der Waals surface area contributed by atoms with E-state index in [1.807, 2.05) is 13.8 Å². The smallest absolute Gasteiger partial charge is 0.327 e. The van der Waals surface area contributed by atoms with Crippen LogP contribution in [0.1, 0.15) is 24.3 Å². The molecule has 7 nitrogen and oxygen atoms in total. The van der Waals surface area contributed by atoms with Crippen molar-refractivity contribution in [3.8, 4) is 0 Å². The maximum absolute atomic E-state index is 12.6. The lowest BCUT2D eigenvalue weighted by atomic mass is 10.1. The van der Waals surface area contributed by atoms with Gasteiger partial charge in [0.1, 0.15) is 11.7 Å². The molecule has 2 unspecified atom stereocenters. The first-order valence-corrected chi connectivity index (χ1v) is 7.89. The second-order valence-corrected chi connectivity index (χ2v) is 6.47. The summed E-state index contributed by atoms with van der Waals surface area (Å²) >= 11 is 1.50. The predicted octanol–water partition coefficient (Wildman–Crippen LogP) is 0.466. The molecule has 0 spiro atoms.